The molecule has 8 nitrogen and oxygen atoms in total. The highest BCUT2D eigenvalue weighted by Crippen LogP contribution is 2.29. The summed E-state index contributed by atoms with van der Waals surface area (Å²) in [6.07, 6.45) is -3.32. The van der Waals surface area contributed by atoms with Crippen LogP contribution in [0.1, 0.15) is 17.5 Å². The van der Waals surface area contributed by atoms with Gasteiger partial charge in [0, 0.05) is 13.1 Å². The van der Waals surface area contributed by atoms with E-state index in [-0.39, 0.29) is 29.6 Å². The molecule has 2 aromatic carbocycles. The number of aliphatic hydroxyl groups excluding tert-OH is 1. The Hall–Kier alpha value is -2.80. The SMILES string of the molecule is CS(=O)(=O)Nc1cc(C(O)CNCCOc2ccc(-c3cnc(C(F)(F)F)[nH]3)cc2)ccc1Cl. The second-order valence-corrected chi connectivity index (χ2v) is 9.51. The molecule has 0 bridgehead atoms. The van der Waals surface area contributed by atoms with Crippen molar-refractivity contribution < 1.29 is 31.4 Å². The lowest BCUT2D eigenvalue weighted by molar-refractivity contribution is -0.144. The van der Waals surface area contributed by atoms with Crippen LogP contribution in [0.3, 0.4) is 0 Å². The van der Waals surface area contributed by atoms with Gasteiger partial charge < -0.3 is 20.1 Å². The van der Waals surface area contributed by atoms with Crippen molar-refractivity contribution in [2.75, 3.05) is 30.7 Å². The Morgan fingerprint density at radius 2 is 1.91 bits per heavy atom. The Kier molecular flexibility index (Phi) is 8.08. The van der Waals surface area contributed by atoms with Crippen LogP contribution in [-0.2, 0) is 16.2 Å². The van der Waals surface area contributed by atoms with Crippen LogP contribution in [0.15, 0.2) is 48.7 Å². The fraction of sp³-hybridized carbons (Fsp3) is 0.286. The number of aromatic nitrogens is 2. The number of H-pyrrole nitrogens is 1. The molecule has 3 aromatic rings. The lowest BCUT2D eigenvalue weighted by atomic mass is 10.1. The number of alkyl halides is 3. The zero-order valence-electron chi connectivity index (χ0n) is 17.9. The van der Waals surface area contributed by atoms with E-state index in [2.05, 4.69) is 20.0 Å². The normalized spacial score (nSPS) is 13.0. The molecule has 184 valence electrons. The Bertz CT molecular complexity index is 1220. The van der Waals surface area contributed by atoms with Crippen molar-refractivity contribution >= 4 is 27.3 Å². The predicted octanol–water partition coefficient (Wildman–Crippen LogP) is 3.82. The molecule has 0 aliphatic carbocycles. The van der Waals surface area contributed by atoms with E-state index in [0.29, 0.717) is 23.4 Å². The van der Waals surface area contributed by atoms with E-state index in [9.17, 15) is 26.7 Å². The van der Waals surface area contributed by atoms with Gasteiger partial charge in [0.05, 0.1) is 35.0 Å². The molecule has 1 unspecified atom stereocenters. The predicted molar refractivity (Wildman–Crippen MR) is 122 cm³/mol. The number of nitrogens with one attached hydrogen (secondary N) is 3. The van der Waals surface area contributed by atoms with Crippen molar-refractivity contribution in [2.45, 2.75) is 12.3 Å². The summed E-state index contributed by atoms with van der Waals surface area (Å²) in [4.78, 5) is 5.58. The third-order valence-electron chi connectivity index (χ3n) is 4.57. The largest absolute Gasteiger partial charge is 0.492 e. The number of benzene rings is 2. The second kappa shape index (κ2) is 10.6. The standard InChI is InChI=1S/C21H22ClF3N4O4S/c1-34(31,32)29-17-10-14(4-7-16(17)22)19(30)12-26-8-9-33-15-5-2-13(3-6-15)18-11-27-20(28-18)21(23,24)25/h2-7,10-11,19,26,29-30H,8-9,12H2,1H3,(H,27,28). The van der Waals surface area contributed by atoms with Crippen molar-refractivity contribution in [3.05, 3.63) is 65.1 Å². The van der Waals surface area contributed by atoms with Gasteiger partial charge in [0.15, 0.2) is 0 Å². The second-order valence-electron chi connectivity index (χ2n) is 7.35. The van der Waals surface area contributed by atoms with Gasteiger partial charge in [0.1, 0.15) is 12.4 Å². The number of aromatic amines is 1. The van der Waals surface area contributed by atoms with Gasteiger partial charge in [-0.1, -0.05) is 17.7 Å². The molecule has 13 heteroatoms. The van der Waals surface area contributed by atoms with E-state index >= 15 is 0 Å². The maximum atomic E-state index is 12.7. The molecule has 1 heterocycles. The van der Waals surface area contributed by atoms with Crippen molar-refractivity contribution in [1.29, 1.82) is 0 Å². The van der Waals surface area contributed by atoms with E-state index in [1.54, 1.807) is 30.3 Å². The van der Waals surface area contributed by atoms with Crippen LogP contribution in [-0.4, -0.2) is 49.4 Å². The summed E-state index contributed by atoms with van der Waals surface area (Å²) in [6.45, 7) is 0.857. The van der Waals surface area contributed by atoms with Crippen LogP contribution >= 0.6 is 11.6 Å². The van der Waals surface area contributed by atoms with Crippen molar-refractivity contribution in [2.24, 2.45) is 0 Å². The van der Waals surface area contributed by atoms with Crippen LogP contribution in [0.4, 0.5) is 18.9 Å². The molecule has 0 saturated heterocycles. The summed E-state index contributed by atoms with van der Waals surface area (Å²) >= 11 is 5.98. The average Bonchev–Trinajstić information content (AvgIpc) is 3.25. The Morgan fingerprint density at radius 1 is 1.21 bits per heavy atom. The van der Waals surface area contributed by atoms with E-state index < -0.39 is 28.1 Å². The summed E-state index contributed by atoms with van der Waals surface area (Å²) in [5, 5.41) is 13.6. The van der Waals surface area contributed by atoms with Crippen LogP contribution in [0.5, 0.6) is 5.75 Å². The molecule has 34 heavy (non-hydrogen) atoms. The number of sulfonamides is 1. The van der Waals surface area contributed by atoms with Gasteiger partial charge in [0.25, 0.3) is 0 Å². The molecule has 0 aliphatic rings. The van der Waals surface area contributed by atoms with Crippen LogP contribution in [0, 0.1) is 0 Å². The lowest BCUT2D eigenvalue weighted by Crippen LogP contribution is -2.26. The van der Waals surface area contributed by atoms with Gasteiger partial charge >= 0.3 is 6.18 Å². The maximum absolute atomic E-state index is 12.7. The Morgan fingerprint density at radius 3 is 2.53 bits per heavy atom. The molecule has 0 saturated carbocycles. The van der Waals surface area contributed by atoms with Gasteiger partial charge in [-0.05, 0) is 47.5 Å². The average molecular weight is 519 g/mol. The van der Waals surface area contributed by atoms with Gasteiger partial charge in [-0.3, -0.25) is 4.72 Å². The number of imidazole rings is 1. The number of hydrogen-bond acceptors (Lipinski definition) is 6. The van der Waals surface area contributed by atoms with Gasteiger partial charge in [-0.25, -0.2) is 13.4 Å². The summed E-state index contributed by atoms with van der Waals surface area (Å²) in [7, 11) is -3.51. The highest BCUT2D eigenvalue weighted by Gasteiger charge is 2.34. The summed E-state index contributed by atoms with van der Waals surface area (Å²) < 4.78 is 68.7. The lowest BCUT2D eigenvalue weighted by Gasteiger charge is -2.15. The number of rotatable bonds is 10. The first kappa shape index (κ1) is 25.8. The maximum Gasteiger partial charge on any atom is 0.449 e. The van der Waals surface area contributed by atoms with Crippen LogP contribution < -0.4 is 14.8 Å². The van der Waals surface area contributed by atoms with E-state index in [4.69, 9.17) is 16.3 Å². The van der Waals surface area contributed by atoms with E-state index in [0.717, 1.165) is 12.5 Å². The monoisotopic (exact) mass is 518 g/mol. The first-order valence-electron chi connectivity index (χ1n) is 9.94. The topological polar surface area (TPSA) is 116 Å². The van der Waals surface area contributed by atoms with E-state index in [1.165, 1.54) is 12.1 Å². The highest BCUT2D eigenvalue weighted by molar-refractivity contribution is 7.92. The Labute approximate surface area is 199 Å². The minimum absolute atomic E-state index is 0.178. The number of ether oxygens (including phenoxy) is 1. The molecule has 0 spiro atoms. The number of aliphatic hydroxyl groups is 1. The molecule has 4 N–H and O–H groups in total. The van der Waals surface area contributed by atoms with Crippen molar-refractivity contribution in [3.63, 3.8) is 0 Å². The third-order valence-corrected chi connectivity index (χ3v) is 5.49. The number of nitrogens with zero attached hydrogens (tertiary/aromatic N) is 1. The molecule has 3 rings (SSSR count). The van der Waals surface area contributed by atoms with E-state index in [1.807, 2.05) is 0 Å². The highest BCUT2D eigenvalue weighted by atomic mass is 35.5. The third kappa shape index (κ3) is 7.35. The molecular weight excluding hydrogens is 497 g/mol. The molecule has 0 fully saturated rings. The fourth-order valence-corrected chi connectivity index (χ4v) is 3.76. The van der Waals surface area contributed by atoms with Crippen molar-refractivity contribution in [1.82, 2.24) is 15.3 Å². The zero-order valence-corrected chi connectivity index (χ0v) is 19.4. The van der Waals surface area contributed by atoms with Gasteiger partial charge in [-0.15, -0.1) is 0 Å². The van der Waals surface area contributed by atoms with Crippen LogP contribution in [0.2, 0.25) is 5.02 Å². The van der Waals surface area contributed by atoms with Crippen LogP contribution in [0.25, 0.3) is 11.3 Å². The summed E-state index contributed by atoms with van der Waals surface area (Å²) in [5.74, 6) is -0.534. The molecule has 0 amide bonds. The molecule has 0 radical (unpaired) electrons. The minimum atomic E-state index is -4.54. The van der Waals surface area contributed by atoms with Crippen molar-refractivity contribution in [3.8, 4) is 17.0 Å². The zero-order chi connectivity index (χ0) is 24.9. The quantitative estimate of drug-likeness (QED) is 0.303. The van der Waals surface area contributed by atoms with Gasteiger partial charge in [0.2, 0.25) is 15.8 Å². The summed E-state index contributed by atoms with van der Waals surface area (Å²) in [6, 6.07) is 11.0. The first-order valence-corrected chi connectivity index (χ1v) is 12.2. The first-order chi connectivity index (χ1) is 15.9. The number of halogens is 4. The molecule has 1 atom stereocenters. The minimum Gasteiger partial charge on any atom is -0.492 e. The summed E-state index contributed by atoms with van der Waals surface area (Å²) in [5.41, 5.74) is 1.43. The molecule has 1 aromatic heterocycles. The number of hydrogen-bond donors (Lipinski definition) is 4. The molecular formula is C21H22ClF3N4O4S. The molecule has 0 aliphatic heterocycles. The number of anilines is 1. The fourth-order valence-electron chi connectivity index (χ4n) is 2.97. The smallest absolute Gasteiger partial charge is 0.449 e. The Balaban J connectivity index is 1.45. The van der Waals surface area contributed by atoms with Gasteiger partial charge in [-0.2, -0.15) is 13.2 Å².